The zero-order valence-corrected chi connectivity index (χ0v) is 33.4. The zero-order chi connectivity index (χ0) is 39.2. The molecule has 1 aliphatic carbocycles. The van der Waals surface area contributed by atoms with Crippen LogP contribution in [0.3, 0.4) is 0 Å². The SMILES string of the molecule is CCN1CCN(C(=O)CN2CCn3c(c(C4CCCCC4)c4ccc(C(=O)O)cc43)-c3ccc4nc(-c5cc(OC)ccc5-c5ccc(Cl)cc5)ccc4c32)CC1. The Morgan fingerprint density at radius 2 is 1.56 bits per heavy atom. The number of nitrogens with zero attached hydrogens (tertiary/aromatic N) is 5. The van der Waals surface area contributed by atoms with Crippen molar-refractivity contribution in [3.05, 3.63) is 101 Å². The molecule has 10 heteroatoms. The largest absolute Gasteiger partial charge is 0.497 e. The van der Waals surface area contributed by atoms with Gasteiger partial charge in [0.1, 0.15) is 5.75 Å². The Hall–Kier alpha value is -5.38. The maximum atomic E-state index is 14.2. The number of carbonyl (C=O) groups excluding carboxylic acids is 1. The number of piperazine rings is 1. The summed E-state index contributed by atoms with van der Waals surface area (Å²) in [5.74, 6) is 0.295. The second kappa shape index (κ2) is 15.5. The van der Waals surface area contributed by atoms with E-state index in [4.69, 9.17) is 21.3 Å². The van der Waals surface area contributed by atoms with Crippen LogP contribution in [0.4, 0.5) is 5.69 Å². The smallest absolute Gasteiger partial charge is 0.335 e. The van der Waals surface area contributed by atoms with Gasteiger partial charge in [-0.25, -0.2) is 9.78 Å². The number of hydrogen-bond acceptors (Lipinski definition) is 6. The fraction of sp³-hybridized carbons (Fsp3) is 0.340. The number of pyridine rings is 1. The molecular weight excluding hydrogens is 734 g/mol. The minimum atomic E-state index is -0.931. The normalized spacial score (nSPS) is 16.4. The number of aromatic nitrogens is 2. The van der Waals surface area contributed by atoms with Gasteiger partial charge in [0.25, 0.3) is 0 Å². The molecule has 0 radical (unpaired) electrons. The summed E-state index contributed by atoms with van der Waals surface area (Å²) < 4.78 is 8.03. The molecule has 0 bridgehead atoms. The minimum absolute atomic E-state index is 0.124. The average molecular weight is 782 g/mol. The topological polar surface area (TPSA) is 91.1 Å². The highest BCUT2D eigenvalue weighted by Gasteiger charge is 2.33. The van der Waals surface area contributed by atoms with Gasteiger partial charge in [-0.05, 0) is 103 Å². The van der Waals surface area contributed by atoms with E-state index in [2.05, 4.69) is 51.6 Å². The van der Waals surface area contributed by atoms with E-state index in [-0.39, 0.29) is 18.0 Å². The Kier molecular flexibility index (Phi) is 10.1. The van der Waals surface area contributed by atoms with Gasteiger partial charge < -0.3 is 29.1 Å². The molecule has 1 N–H and O–H groups in total. The van der Waals surface area contributed by atoms with E-state index in [9.17, 15) is 14.7 Å². The van der Waals surface area contributed by atoms with Gasteiger partial charge >= 0.3 is 5.97 Å². The number of carbonyl (C=O) groups is 2. The van der Waals surface area contributed by atoms with Gasteiger partial charge in [0.15, 0.2) is 0 Å². The summed E-state index contributed by atoms with van der Waals surface area (Å²) in [5.41, 5.74) is 10.4. The number of benzene rings is 4. The molecule has 3 aliphatic rings. The maximum Gasteiger partial charge on any atom is 0.335 e. The van der Waals surface area contributed by atoms with E-state index in [1.54, 1.807) is 13.2 Å². The van der Waals surface area contributed by atoms with Gasteiger partial charge in [-0.15, -0.1) is 0 Å². The Bertz CT molecular complexity index is 2500. The number of rotatable bonds is 8. The molecule has 6 aromatic rings. The van der Waals surface area contributed by atoms with Crippen LogP contribution in [0.25, 0.3) is 55.4 Å². The van der Waals surface area contributed by atoms with Crippen molar-refractivity contribution in [2.24, 2.45) is 0 Å². The maximum absolute atomic E-state index is 14.2. The van der Waals surface area contributed by atoms with Crippen molar-refractivity contribution < 1.29 is 19.4 Å². The lowest BCUT2D eigenvalue weighted by molar-refractivity contribution is -0.131. The first-order valence-electron chi connectivity index (χ1n) is 20.3. The molecule has 0 spiro atoms. The molecule has 4 heterocycles. The number of likely N-dealkylation sites (N-methyl/N-ethyl adjacent to an activating group) is 1. The van der Waals surface area contributed by atoms with Gasteiger partial charge in [-0.2, -0.15) is 0 Å². The first kappa shape index (κ1) is 37.2. The zero-order valence-electron chi connectivity index (χ0n) is 32.6. The molecule has 2 fully saturated rings. The summed E-state index contributed by atoms with van der Waals surface area (Å²) in [5, 5.41) is 12.9. The first-order chi connectivity index (χ1) is 27.8. The lowest BCUT2D eigenvalue weighted by Gasteiger charge is -2.36. The number of amides is 1. The first-order valence-corrected chi connectivity index (χ1v) is 20.7. The molecule has 1 amide bonds. The van der Waals surface area contributed by atoms with Crippen LogP contribution in [0.15, 0.2) is 84.9 Å². The van der Waals surface area contributed by atoms with Crippen molar-refractivity contribution in [2.75, 3.05) is 57.8 Å². The molecule has 292 valence electrons. The Morgan fingerprint density at radius 3 is 2.30 bits per heavy atom. The van der Waals surface area contributed by atoms with E-state index in [0.717, 1.165) is 112 Å². The summed E-state index contributed by atoms with van der Waals surface area (Å²) in [4.78, 5) is 38.5. The minimum Gasteiger partial charge on any atom is -0.497 e. The van der Waals surface area contributed by atoms with Crippen LogP contribution in [0.1, 0.15) is 60.9 Å². The molecule has 57 heavy (non-hydrogen) atoms. The van der Waals surface area contributed by atoms with Crippen LogP contribution < -0.4 is 9.64 Å². The third-order valence-electron chi connectivity index (χ3n) is 12.5. The fourth-order valence-corrected chi connectivity index (χ4v) is 9.64. The van der Waals surface area contributed by atoms with Crippen molar-refractivity contribution in [2.45, 2.75) is 51.5 Å². The summed E-state index contributed by atoms with van der Waals surface area (Å²) in [7, 11) is 1.67. The number of ether oxygens (including phenoxy) is 1. The second-order valence-corrected chi connectivity index (χ2v) is 16.1. The lowest BCUT2D eigenvalue weighted by Crippen LogP contribution is -2.51. The molecule has 1 saturated carbocycles. The van der Waals surface area contributed by atoms with Crippen LogP contribution in [0.2, 0.25) is 5.02 Å². The van der Waals surface area contributed by atoms with Crippen molar-refractivity contribution >= 4 is 51.0 Å². The van der Waals surface area contributed by atoms with Gasteiger partial charge in [-0.1, -0.05) is 62.1 Å². The van der Waals surface area contributed by atoms with Crippen LogP contribution in [0, 0.1) is 0 Å². The number of aromatic carboxylic acids is 1. The highest BCUT2D eigenvalue weighted by atomic mass is 35.5. The van der Waals surface area contributed by atoms with Gasteiger partial charge in [-0.3, -0.25) is 4.79 Å². The average Bonchev–Trinajstić information content (AvgIpc) is 3.48. The fourth-order valence-electron chi connectivity index (χ4n) is 9.52. The lowest BCUT2D eigenvalue weighted by atomic mass is 9.81. The summed E-state index contributed by atoms with van der Waals surface area (Å²) in [6.07, 6.45) is 5.79. The second-order valence-electron chi connectivity index (χ2n) is 15.7. The number of hydrogen-bond donors (Lipinski definition) is 1. The summed E-state index contributed by atoms with van der Waals surface area (Å²) in [6.45, 7) is 7.81. The van der Waals surface area contributed by atoms with Crippen LogP contribution in [0.5, 0.6) is 5.75 Å². The molecule has 0 unspecified atom stereocenters. The quantitative estimate of drug-likeness (QED) is 0.165. The Balaban J connectivity index is 1.23. The van der Waals surface area contributed by atoms with Crippen LogP contribution >= 0.6 is 11.6 Å². The predicted octanol–water partition coefficient (Wildman–Crippen LogP) is 9.58. The van der Waals surface area contributed by atoms with Crippen molar-refractivity contribution in [3.63, 3.8) is 0 Å². The standard InChI is InChI=1S/C47H48ClN5O4/c1-3-50-21-23-51(24-22-50)43(54)29-52-25-26-53-42-27-32(47(55)56)11-15-37(42)44(31-7-5-4-6-8-31)46(53)38-18-20-40-36(45(38)52)17-19-41(49-40)39-28-34(57-2)14-16-35(39)30-9-12-33(48)13-10-30/h9-20,27-28,31H,3-8,21-26,29H2,1-2H3,(H,55,56). The number of methoxy groups -OCH3 is 1. The summed E-state index contributed by atoms with van der Waals surface area (Å²) >= 11 is 6.28. The Morgan fingerprint density at radius 1 is 0.807 bits per heavy atom. The molecule has 9 rings (SSSR count). The van der Waals surface area contributed by atoms with Gasteiger partial charge in [0.2, 0.25) is 5.91 Å². The number of anilines is 1. The van der Waals surface area contributed by atoms with E-state index >= 15 is 0 Å². The number of halogens is 1. The summed E-state index contributed by atoms with van der Waals surface area (Å²) in [6, 6.07) is 28.1. The number of carboxylic acid groups (broad SMARTS) is 1. The highest BCUT2D eigenvalue weighted by molar-refractivity contribution is 6.30. The number of fused-ring (bicyclic) bond motifs is 7. The monoisotopic (exact) mass is 781 g/mol. The molecule has 4 aromatic carbocycles. The van der Waals surface area contributed by atoms with Crippen LogP contribution in [-0.4, -0.2) is 89.3 Å². The van der Waals surface area contributed by atoms with Crippen molar-refractivity contribution in [1.29, 1.82) is 0 Å². The van der Waals surface area contributed by atoms with E-state index < -0.39 is 5.97 Å². The van der Waals surface area contributed by atoms with Gasteiger partial charge in [0.05, 0.1) is 41.8 Å². The molecule has 2 aromatic heterocycles. The van der Waals surface area contributed by atoms with Gasteiger partial charge in [0, 0.05) is 71.7 Å². The molecule has 2 aliphatic heterocycles. The van der Waals surface area contributed by atoms with E-state index in [0.29, 0.717) is 24.0 Å². The third kappa shape index (κ3) is 6.91. The predicted molar refractivity (Wildman–Crippen MR) is 229 cm³/mol. The molecule has 9 nitrogen and oxygen atoms in total. The Labute approximate surface area is 338 Å². The molecule has 1 saturated heterocycles. The van der Waals surface area contributed by atoms with Crippen molar-refractivity contribution in [3.8, 4) is 39.4 Å². The van der Waals surface area contributed by atoms with E-state index in [1.165, 1.54) is 24.8 Å². The number of carboxylic acids is 1. The molecule has 0 atom stereocenters. The van der Waals surface area contributed by atoms with E-state index in [1.807, 2.05) is 53.4 Å². The third-order valence-corrected chi connectivity index (χ3v) is 12.8. The van der Waals surface area contributed by atoms with Crippen molar-refractivity contribution in [1.82, 2.24) is 19.4 Å². The highest BCUT2D eigenvalue weighted by Crippen LogP contribution is 2.49. The van der Waals surface area contributed by atoms with Crippen LogP contribution in [-0.2, 0) is 11.3 Å². The molecular formula is C47H48ClN5O4.